The standard InChI is InChI=1S/C10H10F3IO/c11-10(12,13)6-5-9(15)7-3-1-2-4-8(7)14/h1-4,9,15H,5-6H2. The Labute approximate surface area is 99.4 Å². The molecule has 1 aromatic carbocycles. The van der Waals surface area contributed by atoms with Crippen molar-refractivity contribution in [2.45, 2.75) is 25.1 Å². The molecule has 0 aliphatic carbocycles. The van der Waals surface area contributed by atoms with Crippen molar-refractivity contribution in [1.82, 2.24) is 0 Å². The van der Waals surface area contributed by atoms with E-state index in [1.54, 1.807) is 24.3 Å². The van der Waals surface area contributed by atoms with E-state index < -0.39 is 18.7 Å². The van der Waals surface area contributed by atoms with Gasteiger partial charge in [0.25, 0.3) is 0 Å². The minimum Gasteiger partial charge on any atom is -0.388 e. The van der Waals surface area contributed by atoms with Crippen LogP contribution in [0.25, 0.3) is 0 Å². The third-order valence-corrected chi connectivity index (χ3v) is 2.95. The summed E-state index contributed by atoms with van der Waals surface area (Å²) in [5.41, 5.74) is 0.558. The average Bonchev–Trinajstić information content (AvgIpc) is 2.14. The van der Waals surface area contributed by atoms with Crippen molar-refractivity contribution >= 4 is 22.6 Å². The van der Waals surface area contributed by atoms with Crippen molar-refractivity contribution in [1.29, 1.82) is 0 Å². The van der Waals surface area contributed by atoms with Crippen LogP contribution in [0.15, 0.2) is 24.3 Å². The molecule has 0 amide bonds. The first-order chi connectivity index (χ1) is 6.90. The number of aliphatic hydroxyl groups excluding tert-OH is 1. The highest BCUT2D eigenvalue weighted by molar-refractivity contribution is 14.1. The topological polar surface area (TPSA) is 20.2 Å². The molecule has 1 unspecified atom stereocenters. The number of hydrogen-bond donors (Lipinski definition) is 1. The molecule has 0 aliphatic heterocycles. The smallest absolute Gasteiger partial charge is 0.388 e. The van der Waals surface area contributed by atoms with Gasteiger partial charge in [0.1, 0.15) is 0 Å². The van der Waals surface area contributed by atoms with Gasteiger partial charge in [-0.25, -0.2) is 0 Å². The Morgan fingerprint density at radius 2 is 1.87 bits per heavy atom. The van der Waals surface area contributed by atoms with E-state index in [4.69, 9.17) is 0 Å². The molecular formula is C10H10F3IO. The Balaban J connectivity index is 2.62. The normalized spacial score (nSPS) is 13.9. The van der Waals surface area contributed by atoms with Crippen molar-refractivity contribution in [3.8, 4) is 0 Å². The van der Waals surface area contributed by atoms with Crippen LogP contribution >= 0.6 is 22.6 Å². The number of rotatable bonds is 3. The van der Waals surface area contributed by atoms with Gasteiger partial charge in [0.2, 0.25) is 0 Å². The van der Waals surface area contributed by atoms with E-state index >= 15 is 0 Å². The SMILES string of the molecule is OC(CCC(F)(F)F)c1ccccc1I. The molecule has 0 saturated carbocycles. The molecule has 0 heterocycles. The lowest BCUT2D eigenvalue weighted by Crippen LogP contribution is -2.10. The molecule has 5 heteroatoms. The molecule has 1 N–H and O–H groups in total. The van der Waals surface area contributed by atoms with Gasteiger partial charge in [-0.3, -0.25) is 0 Å². The quantitative estimate of drug-likeness (QED) is 0.839. The molecule has 0 bridgehead atoms. The summed E-state index contributed by atoms with van der Waals surface area (Å²) >= 11 is 1.99. The van der Waals surface area contributed by atoms with Crippen LogP contribution in [0.1, 0.15) is 24.5 Å². The second-order valence-corrected chi connectivity index (χ2v) is 4.35. The van der Waals surface area contributed by atoms with Gasteiger partial charge in [-0.05, 0) is 40.6 Å². The van der Waals surface area contributed by atoms with E-state index in [-0.39, 0.29) is 6.42 Å². The predicted octanol–water partition coefficient (Wildman–Crippen LogP) is 3.67. The third-order valence-electron chi connectivity index (χ3n) is 1.97. The molecule has 0 spiro atoms. The lowest BCUT2D eigenvalue weighted by atomic mass is 10.1. The Bertz CT molecular complexity index is 325. The van der Waals surface area contributed by atoms with Crippen LogP contribution in [0.5, 0.6) is 0 Å². The monoisotopic (exact) mass is 330 g/mol. The zero-order valence-electron chi connectivity index (χ0n) is 7.76. The van der Waals surface area contributed by atoms with Crippen LogP contribution < -0.4 is 0 Å². The minimum absolute atomic E-state index is 0.288. The largest absolute Gasteiger partial charge is 0.389 e. The van der Waals surface area contributed by atoms with Crippen molar-refractivity contribution in [2.24, 2.45) is 0 Å². The van der Waals surface area contributed by atoms with Gasteiger partial charge < -0.3 is 5.11 Å². The molecule has 15 heavy (non-hydrogen) atoms. The molecule has 0 saturated heterocycles. The second kappa shape index (κ2) is 5.16. The minimum atomic E-state index is -4.21. The molecule has 1 aromatic rings. The maximum absolute atomic E-state index is 11.9. The van der Waals surface area contributed by atoms with Gasteiger partial charge in [0.05, 0.1) is 6.10 Å². The van der Waals surface area contributed by atoms with Crippen LogP contribution in [-0.2, 0) is 0 Å². The van der Waals surface area contributed by atoms with Gasteiger partial charge in [0, 0.05) is 9.99 Å². The summed E-state index contributed by atoms with van der Waals surface area (Å²) in [5, 5.41) is 9.56. The first kappa shape index (κ1) is 12.8. The summed E-state index contributed by atoms with van der Waals surface area (Å²) in [7, 11) is 0. The lowest BCUT2D eigenvalue weighted by molar-refractivity contribution is -0.140. The van der Waals surface area contributed by atoms with Crippen molar-refractivity contribution in [3.05, 3.63) is 33.4 Å². The van der Waals surface area contributed by atoms with Gasteiger partial charge >= 0.3 is 6.18 Å². The Morgan fingerprint density at radius 1 is 1.27 bits per heavy atom. The fourth-order valence-electron chi connectivity index (χ4n) is 1.20. The predicted molar refractivity (Wildman–Crippen MR) is 59.4 cm³/mol. The number of aliphatic hydroxyl groups is 1. The molecule has 0 radical (unpaired) electrons. The van der Waals surface area contributed by atoms with Crippen LogP contribution in [0.3, 0.4) is 0 Å². The van der Waals surface area contributed by atoms with E-state index in [1.807, 2.05) is 22.6 Å². The van der Waals surface area contributed by atoms with E-state index in [2.05, 4.69) is 0 Å². The molecule has 1 atom stereocenters. The summed E-state index contributed by atoms with van der Waals surface area (Å²) in [6.45, 7) is 0. The number of hydrogen-bond acceptors (Lipinski definition) is 1. The van der Waals surface area contributed by atoms with E-state index in [9.17, 15) is 18.3 Å². The summed E-state index contributed by atoms with van der Waals surface area (Å²) in [6, 6.07) is 6.88. The summed E-state index contributed by atoms with van der Waals surface area (Å²) < 4.78 is 36.5. The van der Waals surface area contributed by atoms with Crippen molar-refractivity contribution < 1.29 is 18.3 Å². The fraction of sp³-hybridized carbons (Fsp3) is 0.400. The number of benzene rings is 1. The van der Waals surface area contributed by atoms with Gasteiger partial charge in [-0.1, -0.05) is 18.2 Å². The fourth-order valence-corrected chi connectivity index (χ4v) is 1.95. The highest BCUT2D eigenvalue weighted by Crippen LogP contribution is 2.29. The van der Waals surface area contributed by atoms with Crippen LogP contribution in [0.2, 0.25) is 0 Å². The third kappa shape index (κ3) is 4.38. The van der Waals surface area contributed by atoms with E-state index in [1.165, 1.54) is 0 Å². The van der Waals surface area contributed by atoms with Gasteiger partial charge in [0.15, 0.2) is 0 Å². The maximum atomic E-state index is 11.9. The van der Waals surface area contributed by atoms with Gasteiger partial charge in [-0.2, -0.15) is 13.2 Å². The molecule has 0 fully saturated rings. The number of alkyl halides is 3. The van der Waals surface area contributed by atoms with E-state index in [0.29, 0.717) is 5.56 Å². The summed E-state index contributed by atoms with van der Waals surface area (Å²) in [5.74, 6) is 0. The summed E-state index contributed by atoms with van der Waals surface area (Å²) in [6.07, 6.45) is -6.50. The Morgan fingerprint density at radius 3 is 2.40 bits per heavy atom. The zero-order valence-corrected chi connectivity index (χ0v) is 9.92. The number of halogens is 4. The van der Waals surface area contributed by atoms with Crippen LogP contribution in [0.4, 0.5) is 13.2 Å². The highest BCUT2D eigenvalue weighted by atomic mass is 127. The molecule has 84 valence electrons. The van der Waals surface area contributed by atoms with Crippen LogP contribution in [0, 0.1) is 3.57 Å². The molecule has 0 aliphatic rings. The molecular weight excluding hydrogens is 320 g/mol. The summed E-state index contributed by atoms with van der Waals surface area (Å²) in [4.78, 5) is 0. The second-order valence-electron chi connectivity index (χ2n) is 3.19. The first-order valence-corrected chi connectivity index (χ1v) is 5.47. The van der Waals surface area contributed by atoms with Crippen LogP contribution in [-0.4, -0.2) is 11.3 Å². The molecule has 1 nitrogen and oxygen atoms in total. The zero-order chi connectivity index (χ0) is 11.5. The lowest BCUT2D eigenvalue weighted by Gasteiger charge is -2.13. The molecule has 1 rings (SSSR count). The Kier molecular flexibility index (Phi) is 4.39. The Hall–Kier alpha value is -0.300. The highest BCUT2D eigenvalue weighted by Gasteiger charge is 2.28. The average molecular weight is 330 g/mol. The first-order valence-electron chi connectivity index (χ1n) is 4.39. The maximum Gasteiger partial charge on any atom is 0.389 e. The van der Waals surface area contributed by atoms with Crippen molar-refractivity contribution in [2.75, 3.05) is 0 Å². The molecule has 0 aromatic heterocycles. The van der Waals surface area contributed by atoms with Gasteiger partial charge in [-0.15, -0.1) is 0 Å². The van der Waals surface area contributed by atoms with E-state index in [0.717, 1.165) is 3.57 Å². The van der Waals surface area contributed by atoms with Crippen molar-refractivity contribution in [3.63, 3.8) is 0 Å².